The molecule has 1 aromatic carbocycles. The Kier molecular flexibility index (Phi) is 6.13. The number of hydrogen-bond donors (Lipinski definition) is 1. The molecule has 0 spiro atoms. The summed E-state index contributed by atoms with van der Waals surface area (Å²) in [5, 5.41) is 13.2. The lowest BCUT2D eigenvalue weighted by Gasteiger charge is -2.23. The lowest BCUT2D eigenvalue weighted by Crippen LogP contribution is -2.35. The SMILES string of the molecule is O=C(COC(=O)[C@H]1CC(=O)N(C2CCCC2)C1)Nc1ccc(Cl)c([N+](=O)[O-])c1. The van der Waals surface area contributed by atoms with Crippen molar-refractivity contribution < 1.29 is 24.0 Å². The molecular formula is C18H20ClN3O6. The van der Waals surface area contributed by atoms with Gasteiger partial charge in [0.15, 0.2) is 6.61 Å². The van der Waals surface area contributed by atoms with Crippen LogP contribution in [-0.2, 0) is 19.1 Å². The minimum absolute atomic E-state index is 0.0489. The number of carbonyl (C=O) groups excluding carboxylic acids is 3. The molecule has 2 fully saturated rings. The average molecular weight is 410 g/mol. The van der Waals surface area contributed by atoms with Crippen molar-refractivity contribution in [3.8, 4) is 0 Å². The average Bonchev–Trinajstić information content (AvgIpc) is 3.30. The van der Waals surface area contributed by atoms with Crippen molar-refractivity contribution in [2.24, 2.45) is 5.92 Å². The summed E-state index contributed by atoms with van der Waals surface area (Å²) < 4.78 is 5.03. The predicted molar refractivity (Wildman–Crippen MR) is 99.8 cm³/mol. The van der Waals surface area contributed by atoms with Gasteiger partial charge < -0.3 is 15.0 Å². The van der Waals surface area contributed by atoms with Gasteiger partial charge >= 0.3 is 5.97 Å². The number of nitrogens with zero attached hydrogens (tertiary/aromatic N) is 2. The molecule has 1 saturated heterocycles. The van der Waals surface area contributed by atoms with Crippen molar-refractivity contribution in [3.05, 3.63) is 33.3 Å². The highest BCUT2D eigenvalue weighted by atomic mass is 35.5. The molecule has 2 amide bonds. The largest absolute Gasteiger partial charge is 0.455 e. The summed E-state index contributed by atoms with van der Waals surface area (Å²) in [5.74, 6) is -1.85. The number of halogens is 1. The second kappa shape index (κ2) is 8.55. The Hall–Kier alpha value is -2.68. The van der Waals surface area contributed by atoms with E-state index in [0.717, 1.165) is 31.7 Å². The van der Waals surface area contributed by atoms with Crippen LogP contribution in [0.4, 0.5) is 11.4 Å². The standard InChI is InChI=1S/C18H20ClN3O6/c19-14-6-5-12(8-15(14)22(26)27)20-16(23)10-28-18(25)11-7-17(24)21(9-11)13-3-1-2-4-13/h5-6,8,11,13H,1-4,7,9-10H2,(H,20,23)/t11-/m0/s1. The fourth-order valence-electron chi connectivity index (χ4n) is 3.64. The van der Waals surface area contributed by atoms with Gasteiger partial charge in [0.2, 0.25) is 5.91 Å². The van der Waals surface area contributed by atoms with Gasteiger partial charge in [0.05, 0.1) is 10.8 Å². The zero-order valence-corrected chi connectivity index (χ0v) is 15.8. The van der Waals surface area contributed by atoms with Crippen molar-refractivity contribution in [1.82, 2.24) is 4.90 Å². The molecule has 0 aromatic heterocycles. The number of anilines is 1. The Morgan fingerprint density at radius 2 is 2.04 bits per heavy atom. The van der Waals surface area contributed by atoms with Crippen LogP contribution in [0.3, 0.4) is 0 Å². The normalized spacial score (nSPS) is 19.7. The molecule has 1 saturated carbocycles. The van der Waals surface area contributed by atoms with Gasteiger partial charge in [-0.1, -0.05) is 24.4 Å². The molecule has 1 aromatic rings. The van der Waals surface area contributed by atoms with Gasteiger partial charge in [-0.2, -0.15) is 0 Å². The van der Waals surface area contributed by atoms with Crippen LogP contribution in [0.15, 0.2) is 18.2 Å². The van der Waals surface area contributed by atoms with Gasteiger partial charge in [-0.15, -0.1) is 0 Å². The molecule has 1 aliphatic carbocycles. The molecule has 1 aliphatic heterocycles. The van der Waals surface area contributed by atoms with Crippen LogP contribution in [0.2, 0.25) is 5.02 Å². The van der Waals surface area contributed by atoms with E-state index in [1.807, 2.05) is 0 Å². The van der Waals surface area contributed by atoms with Crippen molar-refractivity contribution in [2.45, 2.75) is 38.1 Å². The smallest absolute Gasteiger partial charge is 0.311 e. The van der Waals surface area contributed by atoms with E-state index < -0.39 is 29.3 Å². The highest BCUT2D eigenvalue weighted by Gasteiger charge is 2.39. The Morgan fingerprint density at radius 1 is 1.32 bits per heavy atom. The molecule has 0 radical (unpaired) electrons. The number of hydrogen-bond acceptors (Lipinski definition) is 6. The van der Waals surface area contributed by atoms with Crippen LogP contribution in [0.5, 0.6) is 0 Å². The van der Waals surface area contributed by atoms with Crippen molar-refractivity contribution in [1.29, 1.82) is 0 Å². The van der Waals surface area contributed by atoms with Crippen molar-refractivity contribution >= 4 is 40.8 Å². The maximum absolute atomic E-state index is 12.2. The Balaban J connectivity index is 1.49. The summed E-state index contributed by atoms with van der Waals surface area (Å²) in [4.78, 5) is 48.3. The molecule has 0 bridgehead atoms. The molecule has 28 heavy (non-hydrogen) atoms. The van der Waals surface area contributed by atoms with Gasteiger partial charge in [0.1, 0.15) is 5.02 Å². The first-order chi connectivity index (χ1) is 13.3. The van der Waals surface area contributed by atoms with Crippen LogP contribution >= 0.6 is 11.6 Å². The summed E-state index contributed by atoms with van der Waals surface area (Å²) in [7, 11) is 0. The molecule has 150 valence electrons. The van der Waals surface area contributed by atoms with Gasteiger partial charge in [0, 0.05) is 30.8 Å². The number of rotatable bonds is 6. The number of benzene rings is 1. The van der Waals surface area contributed by atoms with Gasteiger partial charge in [-0.3, -0.25) is 24.5 Å². The molecule has 1 atom stereocenters. The van der Waals surface area contributed by atoms with E-state index in [4.69, 9.17) is 16.3 Å². The molecule has 0 unspecified atom stereocenters. The zero-order chi connectivity index (χ0) is 20.3. The highest BCUT2D eigenvalue weighted by molar-refractivity contribution is 6.32. The van der Waals surface area contributed by atoms with Crippen LogP contribution in [-0.4, -0.2) is 46.8 Å². The number of nitrogens with one attached hydrogen (secondary N) is 1. The maximum Gasteiger partial charge on any atom is 0.311 e. The van der Waals surface area contributed by atoms with Crippen LogP contribution < -0.4 is 5.32 Å². The molecule has 10 heteroatoms. The summed E-state index contributed by atoms with van der Waals surface area (Å²) in [6.07, 6.45) is 4.20. The third kappa shape index (κ3) is 4.59. The minimum atomic E-state index is -0.661. The zero-order valence-electron chi connectivity index (χ0n) is 15.1. The van der Waals surface area contributed by atoms with Gasteiger partial charge in [-0.25, -0.2) is 0 Å². The van der Waals surface area contributed by atoms with E-state index >= 15 is 0 Å². The van der Waals surface area contributed by atoms with E-state index in [0.29, 0.717) is 6.54 Å². The Bertz CT molecular complexity index is 809. The highest BCUT2D eigenvalue weighted by Crippen LogP contribution is 2.30. The topological polar surface area (TPSA) is 119 Å². The van der Waals surface area contributed by atoms with Crippen LogP contribution in [0, 0.1) is 16.0 Å². The maximum atomic E-state index is 12.2. The number of esters is 1. The first-order valence-electron chi connectivity index (χ1n) is 9.05. The number of carbonyl (C=O) groups is 3. The number of nitro benzene ring substituents is 1. The number of amides is 2. The van der Waals surface area contributed by atoms with Crippen molar-refractivity contribution in [3.63, 3.8) is 0 Å². The quantitative estimate of drug-likeness (QED) is 0.438. The summed E-state index contributed by atoms with van der Waals surface area (Å²) >= 11 is 5.72. The molecule has 1 N–H and O–H groups in total. The second-order valence-electron chi connectivity index (χ2n) is 6.96. The fourth-order valence-corrected chi connectivity index (χ4v) is 3.83. The Labute approximate surface area is 166 Å². The molecule has 9 nitrogen and oxygen atoms in total. The fraction of sp³-hybridized carbons (Fsp3) is 0.500. The lowest BCUT2D eigenvalue weighted by atomic mass is 10.1. The second-order valence-corrected chi connectivity index (χ2v) is 7.37. The van der Waals surface area contributed by atoms with Crippen molar-refractivity contribution in [2.75, 3.05) is 18.5 Å². The lowest BCUT2D eigenvalue weighted by molar-refractivity contribution is -0.384. The third-order valence-electron chi connectivity index (χ3n) is 5.03. The monoisotopic (exact) mass is 409 g/mol. The minimum Gasteiger partial charge on any atom is -0.455 e. The molecule has 2 aliphatic rings. The van der Waals surface area contributed by atoms with E-state index in [9.17, 15) is 24.5 Å². The number of ether oxygens (including phenoxy) is 1. The van der Waals surface area contributed by atoms with Crippen LogP contribution in [0.1, 0.15) is 32.1 Å². The summed E-state index contributed by atoms with van der Waals surface area (Å²) in [5.41, 5.74) is -0.173. The number of nitro groups is 1. The molecule has 3 rings (SSSR count). The Morgan fingerprint density at radius 3 is 2.71 bits per heavy atom. The summed E-state index contributed by atoms with van der Waals surface area (Å²) in [6.45, 7) is -0.212. The van der Waals surface area contributed by atoms with Gasteiger partial charge in [-0.05, 0) is 25.0 Å². The van der Waals surface area contributed by atoms with E-state index in [-0.39, 0.29) is 34.8 Å². The first kappa shape index (κ1) is 20.1. The van der Waals surface area contributed by atoms with Gasteiger partial charge in [0.25, 0.3) is 11.6 Å². The van der Waals surface area contributed by atoms with E-state index in [1.165, 1.54) is 12.1 Å². The molecular weight excluding hydrogens is 390 g/mol. The predicted octanol–water partition coefficient (Wildman–Crippen LogP) is 2.52. The third-order valence-corrected chi connectivity index (χ3v) is 5.35. The summed E-state index contributed by atoms with van der Waals surface area (Å²) in [6, 6.07) is 4.03. The first-order valence-corrected chi connectivity index (χ1v) is 9.43. The molecule has 1 heterocycles. The van der Waals surface area contributed by atoms with E-state index in [2.05, 4.69) is 5.32 Å². The van der Waals surface area contributed by atoms with Crippen LogP contribution in [0.25, 0.3) is 0 Å². The number of likely N-dealkylation sites (tertiary alicyclic amines) is 1. The van der Waals surface area contributed by atoms with E-state index in [1.54, 1.807) is 4.90 Å².